The fourth-order valence-electron chi connectivity index (χ4n) is 0.958. The van der Waals surface area contributed by atoms with Gasteiger partial charge in [0, 0.05) is 12.7 Å². The summed E-state index contributed by atoms with van der Waals surface area (Å²) in [5, 5.41) is 0. The fraction of sp³-hybridized carbons (Fsp3) is 0.444. The molecule has 0 radical (unpaired) electrons. The number of ether oxygens (including phenoxy) is 1. The van der Waals surface area contributed by atoms with E-state index in [2.05, 4.69) is 9.72 Å². The Balaban J connectivity index is 2.74. The van der Waals surface area contributed by atoms with Crippen molar-refractivity contribution in [3.63, 3.8) is 0 Å². The van der Waals surface area contributed by atoms with Gasteiger partial charge in [0.05, 0.1) is 5.69 Å². The van der Waals surface area contributed by atoms with E-state index in [9.17, 15) is 22.0 Å². The Morgan fingerprint density at radius 1 is 1.24 bits per heavy atom. The third-order valence-corrected chi connectivity index (χ3v) is 1.87. The molecule has 17 heavy (non-hydrogen) atoms. The molecule has 3 nitrogen and oxygen atoms in total. The first kappa shape index (κ1) is 13.6. The monoisotopic (exact) mass is 256 g/mol. The van der Waals surface area contributed by atoms with Crippen LogP contribution < -0.4 is 10.5 Å². The quantitative estimate of drug-likeness (QED) is 0.839. The van der Waals surface area contributed by atoms with Crippen molar-refractivity contribution >= 4 is 0 Å². The first-order valence-corrected chi connectivity index (χ1v) is 4.49. The second-order valence-corrected chi connectivity index (χ2v) is 3.14. The van der Waals surface area contributed by atoms with Crippen LogP contribution in [0.1, 0.15) is 5.69 Å². The van der Waals surface area contributed by atoms with Crippen LogP contribution in [0.5, 0.6) is 5.75 Å². The number of pyridine rings is 1. The highest BCUT2D eigenvalue weighted by Gasteiger charge is 2.58. The molecule has 1 rings (SSSR count). The molecular formula is C9H9F5N2O. The number of rotatable bonds is 4. The normalized spacial score (nSPS) is 12.6. The number of hydrogen-bond acceptors (Lipinski definition) is 3. The lowest BCUT2D eigenvalue weighted by molar-refractivity contribution is -0.290. The molecule has 0 bridgehead atoms. The molecule has 0 unspecified atom stereocenters. The van der Waals surface area contributed by atoms with Gasteiger partial charge in [-0.15, -0.1) is 0 Å². The summed E-state index contributed by atoms with van der Waals surface area (Å²) in [5.74, 6) is -5.09. The second kappa shape index (κ2) is 4.82. The standard InChI is InChI=1S/C9H9F5N2O/c10-8(11,9(12,13)14)5-17-7-2-1-3-16-6(7)4-15/h1-3H,4-5,15H2. The molecule has 0 aliphatic rings. The first-order chi connectivity index (χ1) is 7.78. The van der Waals surface area contributed by atoms with Crippen LogP contribution in [-0.4, -0.2) is 23.7 Å². The number of hydrogen-bond donors (Lipinski definition) is 1. The summed E-state index contributed by atoms with van der Waals surface area (Å²) < 4.78 is 65.1. The third kappa shape index (κ3) is 3.26. The van der Waals surface area contributed by atoms with Crippen LogP contribution in [0.25, 0.3) is 0 Å². The van der Waals surface area contributed by atoms with E-state index in [0.29, 0.717) is 0 Å². The highest BCUT2D eigenvalue weighted by Crippen LogP contribution is 2.35. The fourth-order valence-corrected chi connectivity index (χ4v) is 0.958. The molecule has 1 aromatic rings. The van der Waals surface area contributed by atoms with Crippen LogP contribution in [-0.2, 0) is 6.54 Å². The number of aromatic nitrogens is 1. The van der Waals surface area contributed by atoms with Crippen LogP contribution in [0.3, 0.4) is 0 Å². The lowest BCUT2D eigenvalue weighted by Gasteiger charge is -2.20. The van der Waals surface area contributed by atoms with Crippen molar-refractivity contribution in [1.29, 1.82) is 0 Å². The van der Waals surface area contributed by atoms with E-state index in [4.69, 9.17) is 5.73 Å². The molecule has 0 amide bonds. The van der Waals surface area contributed by atoms with Crippen LogP contribution in [0.15, 0.2) is 18.3 Å². The van der Waals surface area contributed by atoms with Gasteiger partial charge in [-0.2, -0.15) is 22.0 Å². The minimum Gasteiger partial charge on any atom is -0.485 e. The summed E-state index contributed by atoms with van der Waals surface area (Å²) in [7, 11) is 0. The Bertz CT molecular complexity index is 380. The summed E-state index contributed by atoms with van der Waals surface area (Å²) >= 11 is 0. The predicted molar refractivity (Wildman–Crippen MR) is 48.6 cm³/mol. The van der Waals surface area contributed by atoms with Crippen LogP contribution in [0, 0.1) is 0 Å². The topological polar surface area (TPSA) is 48.1 Å². The largest absolute Gasteiger partial charge is 0.485 e. The molecule has 2 N–H and O–H groups in total. The second-order valence-electron chi connectivity index (χ2n) is 3.14. The van der Waals surface area contributed by atoms with Crippen molar-refractivity contribution in [1.82, 2.24) is 4.98 Å². The van der Waals surface area contributed by atoms with Gasteiger partial charge in [-0.3, -0.25) is 4.98 Å². The lowest BCUT2D eigenvalue weighted by Crippen LogP contribution is -2.41. The summed E-state index contributed by atoms with van der Waals surface area (Å²) in [6.07, 6.45) is -4.31. The minimum absolute atomic E-state index is 0.116. The van der Waals surface area contributed by atoms with E-state index in [1.807, 2.05) is 0 Å². The van der Waals surface area contributed by atoms with E-state index in [1.54, 1.807) is 0 Å². The van der Waals surface area contributed by atoms with E-state index in [-0.39, 0.29) is 18.0 Å². The number of nitrogens with zero attached hydrogens (tertiary/aromatic N) is 1. The zero-order valence-corrected chi connectivity index (χ0v) is 8.47. The van der Waals surface area contributed by atoms with E-state index in [1.165, 1.54) is 18.3 Å². The molecule has 8 heteroatoms. The average Bonchev–Trinajstić information content (AvgIpc) is 2.25. The van der Waals surface area contributed by atoms with Crippen LogP contribution in [0.4, 0.5) is 22.0 Å². The van der Waals surface area contributed by atoms with Crippen molar-refractivity contribution in [2.24, 2.45) is 5.73 Å². The maximum absolute atomic E-state index is 12.6. The van der Waals surface area contributed by atoms with Gasteiger partial charge in [-0.25, -0.2) is 0 Å². The molecule has 1 aromatic heterocycles. The Morgan fingerprint density at radius 2 is 1.88 bits per heavy atom. The van der Waals surface area contributed by atoms with Gasteiger partial charge in [0.2, 0.25) is 0 Å². The molecule has 0 atom stereocenters. The summed E-state index contributed by atoms with van der Waals surface area (Å²) in [6, 6.07) is 2.57. The maximum atomic E-state index is 12.6. The Morgan fingerprint density at radius 3 is 2.41 bits per heavy atom. The smallest absolute Gasteiger partial charge is 0.456 e. The molecular weight excluding hydrogens is 247 g/mol. The van der Waals surface area contributed by atoms with Gasteiger partial charge in [0.25, 0.3) is 0 Å². The van der Waals surface area contributed by atoms with E-state index < -0.39 is 18.7 Å². The van der Waals surface area contributed by atoms with Gasteiger partial charge in [0.1, 0.15) is 5.75 Å². The van der Waals surface area contributed by atoms with Crippen molar-refractivity contribution < 1.29 is 26.7 Å². The molecule has 1 heterocycles. The van der Waals surface area contributed by atoms with Gasteiger partial charge in [-0.1, -0.05) is 0 Å². The average molecular weight is 256 g/mol. The molecule has 0 saturated carbocycles. The predicted octanol–water partition coefficient (Wildman–Crippen LogP) is 2.12. The highest BCUT2D eigenvalue weighted by molar-refractivity contribution is 5.26. The van der Waals surface area contributed by atoms with Crippen LogP contribution in [0.2, 0.25) is 0 Å². The number of halogens is 5. The van der Waals surface area contributed by atoms with Gasteiger partial charge >= 0.3 is 12.1 Å². The molecule has 0 aliphatic heterocycles. The Labute approximate surface area is 93.4 Å². The van der Waals surface area contributed by atoms with Gasteiger partial charge in [0.15, 0.2) is 6.61 Å². The van der Waals surface area contributed by atoms with Gasteiger partial charge in [-0.05, 0) is 12.1 Å². The minimum atomic E-state index is -5.64. The molecule has 96 valence electrons. The molecule has 0 aliphatic carbocycles. The first-order valence-electron chi connectivity index (χ1n) is 4.49. The third-order valence-electron chi connectivity index (χ3n) is 1.87. The Kier molecular flexibility index (Phi) is 3.87. The van der Waals surface area contributed by atoms with Crippen molar-refractivity contribution in [2.75, 3.05) is 6.61 Å². The van der Waals surface area contributed by atoms with E-state index >= 15 is 0 Å². The zero-order valence-electron chi connectivity index (χ0n) is 8.47. The van der Waals surface area contributed by atoms with Crippen molar-refractivity contribution in [3.05, 3.63) is 24.0 Å². The maximum Gasteiger partial charge on any atom is 0.456 e. The SMILES string of the molecule is NCc1ncccc1OCC(F)(F)C(F)(F)F. The highest BCUT2D eigenvalue weighted by atomic mass is 19.4. The molecule has 0 saturated heterocycles. The van der Waals surface area contributed by atoms with Gasteiger partial charge < -0.3 is 10.5 Å². The molecule has 0 aromatic carbocycles. The van der Waals surface area contributed by atoms with Crippen molar-refractivity contribution in [2.45, 2.75) is 18.6 Å². The molecule has 0 spiro atoms. The summed E-state index contributed by atoms with van der Waals surface area (Å²) in [6.45, 7) is -1.91. The number of nitrogens with two attached hydrogens (primary N) is 1. The summed E-state index contributed by atoms with van der Waals surface area (Å²) in [4.78, 5) is 3.68. The van der Waals surface area contributed by atoms with Crippen LogP contribution >= 0.6 is 0 Å². The summed E-state index contributed by atoms with van der Waals surface area (Å²) in [5.41, 5.74) is 5.34. The Hall–Kier alpha value is -1.44. The zero-order chi connectivity index (χ0) is 13.1. The number of alkyl halides is 5. The molecule has 0 fully saturated rings. The van der Waals surface area contributed by atoms with Crippen molar-refractivity contribution in [3.8, 4) is 5.75 Å². The lowest BCUT2D eigenvalue weighted by atomic mass is 10.3. The van der Waals surface area contributed by atoms with E-state index in [0.717, 1.165) is 0 Å².